The second-order valence-electron chi connectivity index (χ2n) is 4.92. The van der Waals surface area contributed by atoms with Crippen molar-refractivity contribution in [3.05, 3.63) is 82.3 Å². The van der Waals surface area contributed by atoms with Gasteiger partial charge in [-0.05, 0) is 46.2 Å². The Bertz CT molecular complexity index is 843. The van der Waals surface area contributed by atoms with E-state index in [-0.39, 0.29) is 0 Å². The summed E-state index contributed by atoms with van der Waals surface area (Å²) in [6.07, 6.45) is 5.47. The summed E-state index contributed by atoms with van der Waals surface area (Å²) in [6.45, 7) is 0. The maximum absolute atomic E-state index is 11.0. The largest absolute Gasteiger partial charge is 0.182 e. The van der Waals surface area contributed by atoms with Gasteiger partial charge in [-0.3, -0.25) is 0 Å². The van der Waals surface area contributed by atoms with E-state index in [1.54, 1.807) is 6.08 Å². The van der Waals surface area contributed by atoms with Crippen LogP contribution in [0.5, 0.6) is 0 Å². The van der Waals surface area contributed by atoms with Crippen LogP contribution in [0.25, 0.3) is 11.0 Å². The summed E-state index contributed by atoms with van der Waals surface area (Å²) in [5.74, 6) is 0. The van der Waals surface area contributed by atoms with Crippen LogP contribution in [0.1, 0.15) is 11.1 Å². The van der Waals surface area contributed by atoms with E-state index in [9.17, 15) is 14.0 Å². The Morgan fingerprint density at radius 1 is 0.960 bits per heavy atom. The summed E-state index contributed by atoms with van der Waals surface area (Å²) in [5.41, 5.74) is 1.90. The molecule has 8 heteroatoms. The molecule has 4 nitrogen and oxygen atoms in total. The first-order chi connectivity index (χ1) is 11.9. The van der Waals surface area contributed by atoms with E-state index in [0.717, 1.165) is 20.5 Å². The maximum atomic E-state index is 11.0. The molecule has 1 heterocycles. The van der Waals surface area contributed by atoms with Gasteiger partial charge in [0, 0.05) is 9.38 Å². The summed E-state index contributed by atoms with van der Waals surface area (Å²) in [4.78, 5) is 1.50. The third-order valence-electron chi connectivity index (χ3n) is 3.13. The highest BCUT2D eigenvalue weighted by atomic mass is 79.9. The van der Waals surface area contributed by atoms with Gasteiger partial charge in [0.2, 0.25) is 0 Å². The van der Waals surface area contributed by atoms with Crippen molar-refractivity contribution >= 4 is 52.4 Å². The molecule has 0 N–H and O–H groups in total. The van der Waals surface area contributed by atoms with Gasteiger partial charge in [-0.1, -0.05) is 64.5 Å². The molecule has 0 aliphatic carbocycles. The Kier molecular flexibility index (Phi) is 6.19. The summed E-state index contributed by atoms with van der Waals surface area (Å²) in [5, 5.41) is 0. The number of halogens is 2. The van der Waals surface area contributed by atoms with Gasteiger partial charge in [0.05, 0.1) is 15.1 Å². The number of hydrogen-bond acceptors (Lipinski definition) is 5. The third-order valence-corrected chi connectivity index (χ3v) is 8.09. The molecule has 0 fully saturated rings. The summed E-state index contributed by atoms with van der Waals surface area (Å²) in [7, 11) is -4.49. The Morgan fingerprint density at radius 3 is 2.28 bits per heavy atom. The fraction of sp³-hybridized carbons (Fsp3) is 0. The lowest BCUT2D eigenvalue weighted by molar-refractivity contribution is -1.91. The lowest BCUT2D eigenvalue weighted by atomic mass is 10.1. The molecule has 1 aliphatic rings. The number of hydrogen-bond donors (Lipinski definition) is 0. The maximum Gasteiger partial charge on any atom is 0.179 e. The standard InChI is InChI=1S/C17H12BrClO4S2/c18-15-9-6-13(7-10-15)8-11-16-12-17(14-4-2-1-3-5-14)24-25(16)23-19(20,21)22/h1-12H/b11-8+. The summed E-state index contributed by atoms with van der Waals surface area (Å²) in [6, 6.07) is 17.2. The van der Waals surface area contributed by atoms with Crippen molar-refractivity contribution in [1.82, 2.24) is 0 Å². The monoisotopic (exact) mass is 458 g/mol. The highest BCUT2D eigenvalue weighted by Gasteiger charge is 2.30. The second kappa shape index (κ2) is 8.20. The Hall–Kier alpha value is -0.900. The van der Waals surface area contributed by atoms with Crippen molar-refractivity contribution in [2.24, 2.45) is 0 Å². The van der Waals surface area contributed by atoms with Crippen molar-refractivity contribution < 1.29 is 28.0 Å². The zero-order chi connectivity index (χ0) is 17.9. The summed E-state index contributed by atoms with van der Waals surface area (Å²) >= 11 is 3.38. The number of rotatable bonds is 5. The van der Waals surface area contributed by atoms with Gasteiger partial charge in [0.1, 0.15) is 3.74 Å². The summed E-state index contributed by atoms with van der Waals surface area (Å²) < 4.78 is 38.7. The molecule has 1 unspecified atom stereocenters. The molecule has 0 aromatic heterocycles. The molecule has 0 bridgehead atoms. The van der Waals surface area contributed by atoms with Crippen LogP contribution in [-0.4, -0.2) is 4.86 Å². The van der Waals surface area contributed by atoms with E-state index < -0.39 is 20.0 Å². The molecule has 0 amide bonds. The van der Waals surface area contributed by atoms with E-state index >= 15 is 0 Å². The first-order valence-corrected chi connectivity index (χ1v) is 11.5. The third kappa shape index (κ3) is 5.54. The zero-order valence-electron chi connectivity index (χ0n) is 12.6. The molecule has 0 saturated heterocycles. The van der Waals surface area contributed by atoms with E-state index in [4.69, 9.17) is 3.74 Å². The van der Waals surface area contributed by atoms with Crippen LogP contribution in [0.4, 0.5) is 0 Å². The molecular weight excluding hydrogens is 448 g/mol. The normalized spacial score (nSPS) is 18.0. The van der Waals surface area contributed by atoms with Crippen molar-refractivity contribution in [3.63, 3.8) is 0 Å². The van der Waals surface area contributed by atoms with Crippen LogP contribution < -0.4 is 14.0 Å². The molecule has 2 aromatic rings. The molecule has 2 aromatic carbocycles. The first-order valence-electron chi connectivity index (χ1n) is 7.02. The van der Waals surface area contributed by atoms with Gasteiger partial charge in [-0.2, -0.15) is 14.0 Å². The molecular formula is C17H12BrClO4S2. The smallest absolute Gasteiger partial charge is 0.179 e. The van der Waals surface area contributed by atoms with Crippen molar-refractivity contribution in [1.29, 1.82) is 0 Å². The van der Waals surface area contributed by atoms with Gasteiger partial charge in [-0.25, -0.2) is 0 Å². The molecule has 0 spiro atoms. The molecule has 25 heavy (non-hydrogen) atoms. The second-order valence-corrected chi connectivity index (χ2v) is 10.1. The van der Waals surface area contributed by atoms with Crippen LogP contribution in [0.2, 0.25) is 0 Å². The minimum Gasteiger partial charge on any atom is -0.182 e. The van der Waals surface area contributed by atoms with E-state index in [1.165, 1.54) is 10.8 Å². The minimum absolute atomic E-state index is 0.638. The predicted octanol–water partition coefficient (Wildman–Crippen LogP) is 2.44. The van der Waals surface area contributed by atoms with Gasteiger partial charge in [0.15, 0.2) is 9.80 Å². The average molecular weight is 460 g/mol. The molecule has 130 valence electrons. The van der Waals surface area contributed by atoms with E-state index in [1.807, 2.05) is 66.7 Å². The first kappa shape index (κ1) is 18.9. The van der Waals surface area contributed by atoms with Gasteiger partial charge in [0.25, 0.3) is 0 Å². The highest BCUT2D eigenvalue weighted by Crippen LogP contribution is 2.50. The SMILES string of the molecule is [O-][Cl+3]([O-])([O-])OS1=C(/C=C/c2ccc(Br)cc2)C=C(c2ccccc2)S1. The van der Waals surface area contributed by atoms with Crippen molar-refractivity contribution in [2.75, 3.05) is 0 Å². The van der Waals surface area contributed by atoms with E-state index in [2.05, 4.69) is 15.9 Å². The fourth-order valence-electron chi connectivity index (χ4n) is 2.04. The Labute approximate surface area is 162 Å². The Balaban J connectivity index is 1.89. The zero-order valence-corrected chi connectivity index (χ0v) is 16.6. The minimum atomic E-state index is -4.50. The van der Waals surface area contributed by atoms with Crippen LogP contribution in [0.3, 0.4) is 0 Å². The number of allylic oxidation sites excluding steroid dienone is 2. The molecule has 1 aliphatic heterocycles. The van der Waals surface area contributed by atoms with Gasteiger partial charge >= 0.3 is 0 Å². The van der Waals surface area contributed by atoms with Crippen molar-refractivity contribution in [2.45, 2.75) is 0 Å². The molecule has 0 saturated carbocycles. The fourth-order valence-corrected chi connectivity index (χ4v) is 6.71. The van der Waals surface area contributed by atoms with Crippen LogP contribution in [0, 0.1) is 10.2 Å². The highest BCUT2D eigenvalue weighted by molar-refractivity contribution is 9.10. The predicted molar refractivity (Wildman–Crippen MR) is 98.9 cm³/mol. The van der Waals surface area contributed by atoms with Crippen molar-refractivity contribution in [3.8, 4) is 0 Å². The number of benzene rings is 2. The quantitative estimate of drug-likeness (QED) is 0.390. The van der Waals surface area contributed by atoms with Crippen LogP contribution in [0.15, 0.2) is 71.2 Å². The van der Waals surface area contributed by atoms with Crippen LogP contribution >= 0.6 is 36.5 Å². The molecule has 3 rings (SSSR count). The lowest BCUT2D eigenvalue weighted by Gasteiger charge is -2.12. The average Bonchev–Trinajstić information content (AvgIpc) is 2.96. The van der Waals surface area contributed by atoms with Gasteiger partial charge < -0.3 is 0 Å². The van der Waals surface area contributed by atoms with E-state index in [0.29, 0.717) is 4.86 Å². The lowest BCUT2D eigenvalue weighted by Crippen LogP contribution is -2.60. The topological polar surface area (TPSA) is 78.4 Å². The van der Waals surface area contributed by atoms with Crippen LogP contribution in [-0.2, 0) is 3.74 Å². The molecule has 0 radical (unpaired) electrons. The molecule has 1 atom stereocenters. The van der Waals surface area contributed by atoms with Gasteiger partial charge in [-0.15, -0.1) is 0 Å². The Morgan fingerprint density at radius 2 is 1.64 bits per heavy atom.